The van der Waals surface area contributed by atoms with Crippen molar-refractivity contribution in [3.8, 4) is 0 Å². The lowest BCUT2D eigenvalue weighted by Crippen LogP contribution is -2.49. The zero-order valence-electron chi connectivity index (χ0n) is 12.4. The Balaban J connectivity index is 1.69. The van der Waals surface area contributed by atoms with Crippen LogP contribution in [0.5, 0.6) is 0 Å². The molecule has 1 fully saturated rings. The van der Waals surface area contributed by atoms with Gasteiger partial charge >= 0.3 is 0 Å². The maximum absolute atomic E-state index is 12.5. The number of ether oxygens (including phenoxy) is 1. The number of fused-ring (bicyclic) bond motifs is 1. The number of nitrogens with zero attached hydrogens (tertiary/aromatic N) is 1. The third-order valence-corrected chi connectivity index (χ3v) is 4.50. The Morgan fingerprint density at radius 2 is 2.10 bits per heavy atom. The molecule has 0 aromatic heterocycles. The van der Waals surface area contributed by atoms with E-state index in [0.717, 1.165) is 25.1 Å². The maximum Gasteiger partial charge on any atom is 0.176 e. The summed E-state index contributed by atoms with van der Waals surface area (Å²) in [5, 5.41) is 0. The minimum Gasteiger partial charge on any atom is -0.376 e. The highest BCUT2D eigenvalue weighted by Crippen LogP contribution is 2.23. The summed E-state index contributed by atoms with van der Waals surface area (Å²) in [6, 6.07) is 6.57. The molecule has 0 amide bonds. The molecule has 1 saturated heterocycles. The summed E-state index contributed by atoms with van der Waals surface area (Å²) in [6.45, 7) is 6.27. The second kappa shape index (κ2) is 5.66. The van der Waals surface area contributed by atoms with E-state index in [2.05, 4.69) is 30.9 Å². The van der Waals surface area contributed by atoms with Crippen molar-refractivity contribution in [1.82, 2.24) is 4.90 Å². The molecule has 0 N–H and O–H groups in total. The number of ketones is 1. The average molecular weight is 273 g/mol. The highest BCUT2D eigenvalue weighted by Gasteiger charge is 2.25. The van der Waals surface area contributed by atoms with Crippen molar-refractivity contribution >= 4 is 5.78 Å². The summed E-state index contributed by atoms with van der Waals surface area (Å²) >= 11 is 0. The van der Waals surface area contributed by atoms with Crippen molar-refractivity contribution in [2.75, 3.05) is 19.7 Å². The Bertz CT molecular complexity index is 512. The zero-order chi connectivity index (χ0) is 14.1. The van der Waals surface area contributed by atoms with Crippen LogP contribution in [-0.2, 0) is 17.6 Å². The number of aryl methyl sites for hydroxylation is 2. The molecule has 3 heteroatoms. The van der Waals surface area contributed by atoms with E-state index in [9.17, 15) is 4.79 Å². The van der Waals surface area contributed by atoms with E-state index in [1.165, 1.54) is 24.0 Å². The summed E-state index contributed by atoms with van der Waals surface area (Å²) in [5.74, 6) is 0.237. The van der Waals surface area contributed by atoms with E-state index in [4.69, 9.17) is 4.74 Å². The first-order chi connectivity index (χ1) is 9.63. The molecule has 3 rings (SSSR count). The predicted octanol–water partition coefficient (Wildman–Crippen LogP) is 2.47. The molecule has 20 heavy (non-hydrogen) atoms. The fourth-order valence-corrected chi connectivity index (χ4v) is 3.21. The molecule has 1 aliphatic carbocycles. The SMILES string of the molecule is CC1CN(CC(=O)c2ccc3c(c2)CCC3)C(C)CO1. The predicted molar refractivity (Wildman–Crippen MR) is 79.2 cm³/mol. The molecular weight excluding hydrogens is 250 g/mol. The quantitative estimate of drug-likeness (QED) is 0.792. The van der Waals surface area contributed by atoms with Crippen molar-refractivity contribution < 1.29 is 9.53 Å². The first kappa shape index (κ1) is 13.8. The molecule has 108 valence electrons. The van der Waals surface area contributed by atoms with Crippen LogP contribution < -0.4 is 0 Å². The van der Waals surface area contributed by atoms with Gasteiger partial charge in [-0.05, 0) is 50.3 Å². The van der Waals surface area contributed by atoms with Gasteiger partial charge in [-0.15, -0.1) is 0 Å². The molecule has 3 nitrogen and oxygen atoms in total. The normalized spacial score (nSPS) is 26.5. The molecule has 2 atom stereocenters. The molecule has 2 aliphatic rings. The first-order valence-corrected chi connectivity index (χ1v) is 7.64. The largest absolute Gasteiger partial charge is 0.376 e. The average Bonchev–Trinajstić information content (AvgIpc) is 2.90. The Hall–Kier alpha value is -1.19. The number of carbonyl (C=O) groups excluding carboxylic acids is 1. The van der Waals surface area contributed by atoms with Crippen LogP contribution in [0.3, 0.4) is 0 Å². The van der Waals surface area contributed by atoms with Gasteiger partial charge in [0, 0.05) is 18.2 Å². The number of carbonyl (C=O) groups is 1. The van der Waals surface area contributed by atoms with Gasteiger partial charge in [0.15, 0.2) is 5.78 Å². The molecule has 1 aromatic rings. The van der Waals surface area contributed by atoms with Crippen molar-refractivity contribution in [3.05, 3.63) is 34.9 Å². The van der Waals surface area contributed by atoms with Crippen molar-refractivity contribution in [3.63, 3.8) is 0 Å². The lowest BCUT2D eigenvalue weighted by molar-refractivity contribution is -0.0460. The number of rotatable bonds is 3. The number of hydrogen-bond donors (Lipinski definition) is 0. The summed E-state index contributed by atoms with van der Waals surface area (Å²) in [4.78, 5) is 14.7. The maximum atomic E-state index is 12.5. The van der Waals surface area contributed by atoms with Crippen molar-refractivity contribution in [2.24, 2.45) is 0 Å². The number of Topliss-reactive ketones (excluding diaryl/α,β-unsaturated/α-hetero) is 1. The van der Waals surface area contributed by atoms with Gasteiger partial charge in [0.05, 0.1) is 19.3 Å². The third kappa shape index (κ3) is 2.79. The van der Waals surface area contributed by atoms with Gasteiger partial charge in [0.25, 0.3) is 0 Å². The number of morpholine rings is 1. The zero-order valence-corrected chi connectivity index (χ0v) is 12.4. The van der Waals surface area contributed by atoms with Crippen LogP contribution in [0.1, 0.15) is 41.8 Å². The minimum atomic E-state index is 0.221. The first-order valence-electron chi connectivity index (χ1n) is 7.64. The van der Waals surface area contributed by atoms with E-state index >= 15 is 0 Å². The van der Waals surface area contributed by atoms with Crippen molar-refractivity contribution in [2.45, 2.75) is 45.3 Å². The molecule has 0 saturated carbocycles. The topological polar surface area (TPSA) is 29.5 Å². The van der Waals surface area contributed by atoms with E-state index < -0.39 is 0 Å². The summed E-state index contributed by atoms with van der Waals surface area (Å²) < 4.78 is 5.62. The highest BCUT2D eigenvalue weighted by molar-refractivity contribution is 5.97. The van der Waals surface area contributed by atoms with Crippen LogP contribution in [0.4, 0.5) is 0 Å². The molecule has 0 spiro atoms. The van der Waals surface area contributed by atoms with E-state index in [0.29, 0.717) is 12.6 Å². The van der Waals surface area contributed by atoms with Gasteiger partial charge in [-0.25, -0.2) is 0 Å². The summed E-state index contributed by atoms with van der Waals surface area (Å²) in [5.41, 5.74) is 3.67. The Kier molecular flexibility index (Phi) is 3.90. The van der Waals surface area contributed by atoms with Crippen LogP contribution in [0.15, 0.2) is 18.2 Å². The van der Waals surface area contributed by atoms with Crippen LogP contribution in [0.2, 0.25) is 0 Å². The van der Waals surface area contributed by atoms with Gasteiger partial charge < -0.3 is 4.74 Å². The van der Waals surface area contributed by atoms with Crippen LogP contribution >= 0.6 is 0 Å². The molecule has 0 radical (unpaired) electrons. The van der Waals surface area contributed by atoms with Gasteiger partial charge in [0.1, 0.15) is 0 Å². The third-order valence-electron chi connectivity index (χ3n) is 4.50. The Morgan fingerprint density at radius 3 is 2.95 bits per heavy atom. The second-order valence-electron chi connectivity index (χ2n) is 6.18. The fourth-order valence-electron chi connectivity index (χ4n) is 3.21. The van der Waals surface area contributed by atoms with Gasteiger partial charge in [-0.2, -0.15) is 0 Å². The van der Waals surface area contributed by atoms with E-state index in [1.54, 1.807) is 0 Å². The lowest BCUT2D eigenvalue weighted by Gasteiger charge is -2.36. The van der Waals surface area contributed by atoms with Gasteiger partial charge in [0.2, 0.25) is 0 Å². The van der Waals surface area contributed by atoms with Gasteiger partial charge in [-0.1, -0.05) is 12.1 Å². The molecule has 1 aromatic carbocycles. The molecular formula is C17H23NO2. The lowest BCUT2D eigenvalue weighted by atomic mass is 10.0. The molecule has 1 aliphatic heterocycles. The van der Waals surface area contributed by atoms with Crippen LogP contribution in [0, 0.1) is 0 Å². The fraction of sp³-hybridized carbons (Fsp3) is 0.588. The molecule has 0 bridgehead atoms. The number of benzene rings is 1. The minimum absolute atomic E-state index is 0.221. The Labute approximate surface area is 120 Å². The van der Waals surface area contributed by atoms with Crippen molar-refractivity contribution in [1.29, 1.82) is 0 Å². The monoisotopic (exact) mass is 273 g/mol. The smallest absolute Gasteiger partial charge is 0.176 e. The van der Waals surface area contributed by atoms with Crippen LogP contribution in [0.25, 0.3) is 0 Å². The highest BCUT2D eigenvalue weighted by atomic mass is 16.5. The number of hydrogen-bond acceptors (Lipinski definition) is 3. The summed E-state index contributed by atoms with van der Waals surface area (Å²) in [7, 11) is 0. The Morgan fingerprint density at radius 1 is 1.30 bits per heavy atom. The van der Waals surface area contributed by atoms with Crippen LogP contribution in [-0.4, -0.2) is 42.5 Å². The van der Waals surface area contributed by atoms with E-state index in [-0.39, 0.29) is 11.9 Å². The van der Waals surface area contributed by atoms with E-state index in [1.807, 2.05) is 6.07 Å². The molecule has 2 unspecified atom stereocenters. The molecule has 1 heterocycles. The standard InChI is InChI=1S/C17H23NO2/c1-12-11-20-13(2)9-18(12)10-17(19)16-7-6-14-4-3-5-15(14)8-16/h6-8,12-13H,3-5,9-11H2,1-2H3. The second-order valence-corrected chi connectivity index (χ2v) is 6.18. The van der Waals surface area contributed by atoms with Gasteiger partial charge in [-0.3, -0.25) is 9.69 Å². The summed E-state index contributed by atoms with van der Waals surface area (Å²) in [6.07, 6.45) is 3.74.